The van der Waals surface area contributed by atoms with Gasteiger partial charge in [0.2, 0.25) is 0 Å². The molecule has 0 spiro atoms. The van der Waals surface area contributed by atoms with E-state index in [4.69, 9.17) is 4.98 Å². The Morgan fingerprint density at radius 1 is 1.40 bits per heavy atom. The Kier molecular flexibility index (Phi) is 4.38. The lowest BCUT2D eigenvalue weighted by Gasteiger charge is -2.10. The number of nitrogens with zero attached hydrogens (tertiary/aromatic N) is 3. The number of aromatic nitrogens is 2. The number of hydrogen-bond donors (Lipinski definition) is 0. The molecule has 130 valence electrons. The molecule has 0 N–H and O–H groups in total. The molecule has 0 amide bonds. The number of fused-ring (bicyclic) bond motifs is 3. The molecule has 0 aromatic carbocycles. The maximum atomic E-state index is 12.8. The van der Waals surface area contributed by atoms with Crippen LogP contribution in [0.5, 0.6) is 0 Å². The lowest BCUT2D eigenvalue weighted by Crippen LogP contribution is -2.20. The molecule has 0 fully saturated rings. The van der Waals surface area contributed by atoms with Gasteiger partial charge in [-0.1, -0.05) is 23.1 Å². The summed E-state index contributed by atoms with van der Waals surface area (Å²) >= 11 is 4.21. The topological polar surface area (TPSA) is 78.0 Å². The number of thioether (sulfide) groups is 1. The second kappa shape index (κ2) is 6.54. The minimum atomic E-state index is -0.380. The van der Waals surface area contributed by atoms with Crippen molar-refractivity contribution >= 4 is 49.7 Å². The third-order valence-electron chi connectivity index (χ3n) is 4.34. The Balaban J connectivity index is 1.66. The third-order valence-corrected chi connectivity index (χ3v) is 7.56. The summed E-state index contributed by atoms with van der Waals surface area (Å²) in [5.74, 6) is 0.557. The van der Waals surface area contributed by atoms with Gasteiger partial charge in [0.25, 0.3) is 5.56 Å². The van der Waals surface area contributed by atoms with Gasteiger partial charge in [0.15, 0.2) is 5.16 Å². The van der Waals surface area contributed by atoms with Gasteiger partial charge in [0.1, 0.15) is 4.83 Å². The maximum Gasteiger partial charge on any atom is 0.324 e. The van der Waals surface area contributed by atoms with E-state index in [0.717, 1.165) is 46.4 Å². The van der Waals surface area contributed by atoms with Crippen molar-refractivity contribution in [2.45, 2.75) is 36.6 Å². The van der Waals surface area contributed by atoms with Crippen LogP contribution >= 0.6 is 34.4 Å². The minimum absolute atomic E-state index is 0.0169. The van der Waals surface area contributed by atoms with E-state index in [1.165, 1.54) is 28.6 Å². The molecule has 3 aromatic rings. The van der Waals surface area contributed by atoms with Crippen LogP contribution in [0.4, 0.5) is 5.00 Å². The summed E-state index contributed by atoms with van der Waals surface area (Å²) in [6.07, 6.45) is 4.33. The van der Waals surface area contributed by atoms with Crippen LogP contribution in [0.2, 0.25) is 0 Å². The first-order valence-corrected chi connectivity index (χ1v) is 10.6. The second-order valence-corrected chi connectivity index (χ2v) is 8.90. The quantitative estimate of drug-likeness (QED) is 0.288. The molecule has 0 saturated carbocycles. The normalized spacial score (nSPS) is 14.0. The molecule has 3 heterocycles. The highest BCUT2D eigenvalue weighted by Gasteiger charge is 2.21. The van der Waals surface area contributed by atoms with Gasteiger partial charge < -0.3 is 0 Å². The van der Waals surface area contributed by atoms with Gasteiger partial charge in [-0.2, -0.15) is 0 Å². The van der Waals surface area contributed by atoms with Gasteiger partial charge in [-0.25, -0.2) is 4.98 Å². The predicted octanol–water partition coefficient (Wildman–Crippen LogP) is 4.14. The predicted molar refractivity (Wildman–Crippen MR) is 102 cm³/mol. The minimum Gasteiger partial charge on any atom is -0.290 e. The van der Waals surface area contributed by atoms with E-state index in [9.17, 15) is 14.9 Å². The molecule has 0 unspecified atom stereocenters. The van der Waals surface area contributed by atoms with Gasteiger partial charge in [-0.15, -0.1) is 11.3 Å². The van der Waals surface area contributed by atoms with Crippen molar-refractivity contribution in [3.8, 4) is 0 Å². The lowest BCUT2D eigenvalue weighted by atomic mass is 9.97. The average molecular weight is 394 g/mol. The zero-order chi connectivity index (χ0) is 17.6. The number of thiophene rings is 2. The van der Waals surface area contributed by atoms with E-state index in [2.05, 4.69) is 0 Å². The summed E-state index contributed by atoms with van der Waals surface area (Å²) < 4.78 is 1.61. The number of aryl methyl sites for hydroxylation is 2. The monoisotopic (exact) mass is 393 g/mol. The molecular formula is C16H15N3O3S3. The average Bonchev–Trinajstić information content (AvgIpc) is 3.21. The number of rotatable bonds is 4. The van der Waals surface area contributed by atoms with Crippen LogP contribution in [0.25, 0.3) is 10.2 Å². The molecule has 25 heavy (non-hydrogen) atoms. The van der Waals surface area contributed by atoms with Gasteiger partial charge in [-0.3, -0.25) is 19.5 Å². The second-order valence-electron chi connectivity index (χ2n) is 5.99. The van der Waals surface area contributed by atoms with Crippen molar-refractivity contribution < 1.29 is 4.92 Å². The van der Waals surface area contributed by atoms with E-state index < -0.39 is 0 Å². The van der Waals surface area contributed by atoms with Gasteiger partial charge >= 0.3 is 5.00 Å². The van der Waals surface area contributed by atoms with E-state index in [0.29, 0.717) is 10.9 Å². The SMILES string of the molecule is Cn1c(SCc2csc([N+](=O)[O-])c2)nc2sc3c(c2c1=O)CCCC3. The van der Waals surface area contributed by atoms with E-state index in [1.54, 1.807) is 34.4 Å². The molecule has 1 aliphatic carbocycles. The summed E-state index contributed by atoms with van der Waals surface area (Å²) in [6.45, 7) is 0. The van der Waals surface area contributed by atoms with E-state index in [-0.39, 0.29) is 15.5 Å². The summed E-state index contributed by atoms with van der Waals surface area (Å²) in [7, 11) is 1.75. The first kappa shape index (κ1) is 16.7. The van der Waals surface area contributed by atoms with Crippen LogP contribution in [-0.2, 0) is 25.6 Å². The van der Waals surface area contributed by atoms with Crippen molar-refractivity contribution in [1.29, 1.82) is 0 Å². The molecule has 0 radical (unpaired) electrons. The highest BCUT2D eigenvalue weighted by molar-refractivity contribution is 7.98. The van der Waals surface area contributed by atoms with Crippen LogP contribution in [0.1, 0.15) is 28.8 Å². The molecule has 3 aromatic heterocycles. The Labute approximate surface area is 155 Å². The Morgan fingerprint density at radius 3 is 2.96 bits per heavy atom. The van der Waals surface area contributed by atoms with E-state index in [1.807, 2.05) is 0 Å². The largest absolute Gasteiger partial charge is 0.324 e. The fraction of sp³-hybridized carbons (Fsp3) is 0.375. The molecule has 0 saturated heterocycles. The summed E-state index contributed by atoms with van der Waals surface area (Å²) in [5, 5.41) is 14.2. The summed E-state index contributed by atoms with van der Waals surface area (Å²) in [6, 6.07) is 1.58. The zero-order valence-electron chi connectivity index (χ0n) is 13.5. The third kappa shape index (κ3) is 3.00. The molecule has 9 heteroatoms. The van der Waals surface area contributed by atoms with Gasteiger partial charge in [0, 0.05) is 29.1 Å². The molecule has 4 rings (SSSR count). The Morgan fingerprint density at radius 2 is 2.20 bits per heavy atom. The van der Waals surface area contributed by atoms with Gasteiger partial charge in [-0.05, 0) is 36.8 Å². The zero-order valence-corrected chi connectivity index (χ0v) is 15.9. The molecule has 0 bridgehead atoms. The Hall–Kier alpha value is -1.71. The maximum absolute atomic E-state index is 12.8. The first-order chi connectivity index (χ1) is 12.0. The lowest BCUT2D eigenvalue weighted by molar-refractivity contribution is -0.380. The van der Waals surface area contributed by atoms with Crippen LogP contribution in [-0.4, -0.2) is 14.5 Å². The van der Waals surface area contributed by atoms with Crippen LogP contribution in [0.15, 0.2) is 21.4 Å². The van der Waals surface area contributed by atoms with Crippen molar-refractivity contribution in [3.63, 3.8) is 0 Å². The van der Waals surface area contributed by atoms with Crippen LogP contribution < -0.4 is 5.56 Å². The van der Waals surface area contributed by atoms with Crippen molar-refractivity contribution in [1.82, 2.24) is 9.55 Å². The molecule has 1 aliphatic rings. The Bertz CT molecular complexity index is 1030. The fourth-order valence-corrected chi connectivity index (χ4v) is 6.12. The van der Waals surface area contributed by atoms with Crippen LogP contribution in [0, 0.1) is 10.1 Å². The number of hydrogen-bond acceptors (Lipinski definition) is 7. The summed E-state index contributed by atoms with van der Waals surface area (Å²) in [4.78, 5) is 30.1. The van der Waals surface area contributed by atoms with Crippen LogP contribution in [0.3, 0.4) is 0 Å². The highest BCUT2D eigenvalue weighted by Crippen LogP contribution is 2.35. The number of nitro groups is 1. The van der Waals surface area contributed by atoms with Crippen molar-refractivity contribution in [3.05, 3.63) is 47.9 Å². The highest BCUT2D eigenvalue weighted by atomic mass is 32.2. The smallest absolute Gasteiger partial charge is 0.290 e. The fourth-order valence-electron chi connectivity index (χ4n) is 3.08. The van der Waals surface area contributed by atoms with Crippen molar-refractivity contribution in [2.75, 3.05) is 0 Å². The summed E-state index contributed by atoms with van der Waals surface area (Å²) in [5.41, 5.74) is 2.09. The van der Waals surface area contributed by atoms with E-state index >= 15 is 0 Å². The molecule has 0 aliphatic heterocycles. The molecule has 0 atom stereocenters. The van der Waals surface area contributed by atoms with Crippen molar-refractivity contribution in [2.24, 2.45) is 7.05 Å². The molecular weight excluding hydrogens is 378 g/mol. The van der Waals surface area contributed by atoms with Gasteiger partial charge in [0.05, 0.1) is 10.3 Å². The first-order valence-electron chi connectivity index (χ1n) is 7.90. The molecule has 6 nitrogen and oxygen atoms in total. The standard InChI is InChI=1S/C16H15N3O3S3/c1-18-15(20)13-10-4-2-3-5-11(10)25-14(13)17-16(18)24-8-9-6-12(19(21)22)23-7-9/h6-7H,2-5,8H2,1H3.